The lowest BCUT2D eigenvalue weighted by Crippen LogP contribution is -1.83. The minimum absolute atomic E-state index is 0.396. The molecule has 1 rings (SSSR count). The molecule has 0 saturated carbocycles. The highest BCUT2D eigenvalue weighted by Gasteiger charge is 1.97. The molecule has 10 heavy (non-hydrogen) atoms. The van der Waals surface area contributed by atoms with Gasteiger partial charge in [0.05, 0.1) is 21.1 Å². The molecular weight excluding hydrogens is 237 g/mol. The Kier molecular flexibility index (Phi) is 2.96. The van der Waals surface area contributed by atoms with Gasteiger partial charge in [-0.1, -0.05) is 11.6 Å². The van der Waals surface area contributed by atoms with Crippen LogP contribution in [0, 0.1) is 0 Å². The molecule has 0 saturated heterocycles. The average Bonchev–Trinajstić information content (AvgIpc) is 1.95. The van der Waals surface area contributed by atoms with Gasteiger partial charge in [0.25, 0.3) is 0 Å². The summed E-state index contributed by atoms with van der Waals surface area (Å²) in [7, 11) is 0. The van der Waals surface area contributed by atoms with E-state index < -0.39 is 0 Å². The molecule has 0 bridgehead atoms. The van der Waals surface area contributed by atoms with Gasteiger partial charge in [0.2, 0.25) is 0 Å². The minimum Gasteiger partial charge on any atom is -0.259 e. The van der Waals surface area contributed by atoms with E-state index in [2.05, 4.69) is 20.9 Å². The molecule has 0 atom stereocenters. The van der Waals surface area contributed by atoms with E-state index in [1.165, 1.54) is 0 Å². The van der Waals surface area contributed by atoms with Crippen LogP contribution in [0.3, 0.4) is 0 Å². The molecule has 1 aromatic rings. The van der Waals surface area contributed by atoms with Crippen molar-refractivity contribution in [2.45, 2.75) is 5.88 Å². The number of alkyl halides is 1. The van der Waals surface area contributed by atoms with Crippen LogP contribution in [0.15, 0.2) is 16.7 Å². The average molecular weight is 241 g/mol. The fourth-order valence-electron chi connectivity index (χ4n) is 0.527. The molecule has 0 aliphatic heterocycles. The van der Waals surface area contributed by atoms with Crippen LogP contribution in [0.1, 0.15) is 5.69 Å². The Balaban J connectivity index is 3.04. The van der Waals surface area contributed by atoms with Crippen molar-refractivity contribution in [3.8, 4) is 0 Å². The normalized spacial score (nSPS) is 9.90. The lowest BCUT2D eigenvalue weighted by Gasteiger charge is -1.96. The fourth-order valence-corrected chi connectivity index (χ4v) is 1.06. The molecule has 1 heterocycles. The summed E-state index contributed by atoms with van der Waals surface area (Å²) in [6.45, 7) is 0. The molecule has 1 aromatic heterocycles. The molecule has 0 spiro atoms. The van der Waals surface area contributed by atoms with E-state index in [1.807, 2.05) is 0 Å². The van der Waals surface area contributed by atoms with Crippen molar-refractivity contribution in [1.29, 1.82) is 0 Å². The maximum absolute atomic E-state index is 5.75. The van der Waals surface area contributed by atoms with Gasteiger partial charge in [-0.05, 0) is 22.0 Å². The molecule has 0 aliphatic rings. The molecular formula is C6H4BrCl2N. The maximum atomic E-state index is 5.75. The number of pyridine rings is 1. The predicted molar refractivity (Wildman–Crippen MR) is 46.5 cm³/mol. The van der Waals surface area contributed by atoms with Crippen molar-refractivity contribution in [1.82, 2.24) is 4.98 Å². The smallest absolute Gasteiger partial charge is 0.0647 e. The summed E-state index contributed by atoms with van der Waals surface area (Å²) in [5, 5.41) is 0.644. The van der Waals surface area contributed by atoms with E-state index in [-0.39, 0.29) is 0 Å². The number of rotatable bonds is 1. The quantitative estimate of drug-likeness (QED) is 0.687. The standard InChI is InChI=1S/C6H4BrCl2N/c7-5-3-10-4(2-8)1-6(5)9/h1,3H,2H2. The first-order valence-electron chi connectivity index (χ1n) is 2.60. The second kappa shape index (κ2) is 3.56. The van der Waals surface area contributed by atoms with E-state index in [9.17, 15) is 0 Å². The van der Waals surface area contributed by atoms with Crippen LogP contribution in [0.4, 0.5) is 0 Å². The summed E-state index contributed by atoms with van der Waals surface area (Å²) in [4.78, 5) is 3.99. The summed E-state index contributed by atoms with van der Waals surface area (Å²) in [6.07, 6.45) is 1.64. The molecule has 1 nitrogen and oxygen atoms in total. The van der Waals surface area contributed by atoms with Crippen molar-refractivity contribution < 1.29 is 0 Å². The van der Waals surface area contributed by atoms with Crippen LogP contribution in [0.2, 0.25) is 5.02 Å². The Morgan fingerprint density at radius 2 is 2.30 bits per heavy atom. The lowest BCUT2D eigenvalue weighted by molar-refractivity contribution is 1.16. The number of hydrogen-bond donors (Lipinski definition) is 0. The number of hydrogen-bond acceptors (Lipinski definition) is 1. The highest BCUT2D eigenvalue weighted by atomic mass is 79.9. The fraction of sp³-hybridized carbons (Fsp3) is 0.167. The van der Waals surface area contributed by atoms with Crippen molar-refractivity contribution in [3.05, 3.63) is 27.5 Å². The first-order chi connectivity index (χ1) is 4.74. The molecule has 54 valence electrons. The summed E-state index contributed by atoms with van der Waals surface area (Å²) < 4.78 is 0.794. The van der Waals surface area contributed by atoms with Gasteiger partial charge in [0.15, 0.2) is 0 Å². The van der Waals surface area contributed by atoms with Gasteiger partial charge in [0, 0.05) is 6.20 Å². The van der Waals surface area contributed by atoms with Gasteiger partial charge in [0.1, 0.15) is 0 Å². The molecule has 0 aromatic carbocycles. The van der Waals surface area contributed by atoms with E-state index in [0.29, 0.717) is 10.9 Å². The molecule has 0 fully saturated rings. The Morgan fingerprint density at radius 1 is 1.60 bits per heavy atom. The zero-order valence-corrected chi connectivity index (χ0v) is 8.04. The SMILES string of the molecule is ClCc1cc(Cl)c(Br)cn1. The zero-order valence-electron chi connectivity index (χ0n) is 4.94. The van der Waals surface area contributed by atoms with Crippen molar-refractivity contribution in [2.75, 3.05) is 0 Å². The van der Waals surface area contributed by atoms with E-state index in [1.54, 1.807) is 12.3 Å². The van der Waals surface area contributed by atoms with Gasteiger partial charge in [-0.2, -0.15) is 0 Å². The Morgan fingerprint density at radius 3 is 2.80 bits per heavy atom. The largest absolute Gasteiger partial charge is 0.259 e. The van der Waals surface area contributed by atoms with Crippen molar-refractivity contribution in [2.24, 2.45) is 0 Å². The van der Waals surface area contributed by atoms with Gasteiger partial charge < -0.3 is 0 Å². The monoisotopic (exact) mass is 239 g/mol. The summed E-state index contributed by atoms with van der Waals surface area (Å²) in [6, 6.07) is 1.73. The van der Waals surface area contributed by atoms with Crippen molar-refractivity contribution in [3.63, 3.8) is 0 Å². The Bertz CT molecular complexity index is 239. The second-order valence-electron chi connectivity index (χ2n) is 1.72. The Labute approximate surface area is 77.5 Å². The third-order valence-corrected chi connectivity index (χ3v) is 2.45. The van der Waals surface area contributed by atoms with Gasteiger partial charge in [-0.15, -0.1) is 11.6 Å². The van der Waals surface area contributed by atoms with E-state index in [4.69, 9.17) is 23.2 Å². The molecule has 0 amide bonds. The van der Waals surface area contributed by atoms with Gasteiger partial charge >= 0.3 is 0 Å². The second-order valence-corrected chi connectivity index (χ2v) is 3.25. The topological polar surface area (TPSA) is 12.9 Å². The first kappa shape index (κ1) is 8.31. The van der Waals surface area contributed by atoms with Crippen LogP contribution in [-0.4, -0.2) is 4.98 Å². The van der Waals surface area contributed by atoms with E-state index >= 15 is 0 Å². The van der Waals surface area contributed by atoms with Crippen LogP contribution in [0.25, 0.3) is 0 Å². The minimum atomic E-state index is 0.396. The number of aromatic nitrogens is 1. The predicted octanol–water partition coefficient (Wildman–Crippen LogP) is 3.24. The summed E-state index contributed by atoms with van der Waals surface area (Å²) >= 11 is 14.5. The summed E-state index contributed by atoms with van der Waals surface area (Å²) in [5.41, 5.74) is 0.787. The van der Waals surface area contributed by atoms with E-state index in [0.717, 1.165) is 10.2 Å². The Hall–Kier alpha value is 0.210. The zero-order chi connectivity index (χ0) is 7.56. The molecule has 0 unspecified atom stereocenters. The van der Waals surface area contributed by atoms with Crippen molar-refractivity contribution >= 4 is 39.1 Å². The highest BCUT2D eigenvalue weighted by molar-refractivity contribution is 9.10. The molecule has 4 heteroatoms. The van der Waals surface area contributed by atoms with Gasteiger partial charge in [-0.3, -0.25) is 4.98 Å². The highest BCUT2D eigenvalue weighted by Crippen LogP contribution is 2.21. The molecule has 0 aliphatic carbocycles. The number of halogens is 3. The van der Waals surface area contributed by atoms with Crippen LogP contribution in [0.5, 0.6) is 0 Å². The first-order valence-corrected chi connectivity index (χ1v) is 4.30. The lowest BCUT2D eigenvalue weighted by atomic mass is 10.4. The van der Waals surface area contributed by atoms with Crippen LogP contribution in [-0.2, 0) is 5.88 Å². The number of nitrogens with zero attached hydrogens (tertiary/aromatic N) is 1. The summed E-state index contributed by atoms with van der Waals surface area (Å²) in [5.74, 6) is 0.396. The molecule has 0 radical (unpaired) electrons. The van der Waals surface area contributed by atoms with Crippen LogP contribution >= 0.6 is 39.1 Å². The van der Waals surface area contributed by atoms with Crippen LogP contribution < -0.4 is 0 Å². The maximum Gasteiger partial charge on any atom is 0.0647 e. The molecule has 0 N–H and O–H groups in total. The van der Waals surface area contributed by atoms with Gasteiger partial charge in [-0.25, -0.2) is 0 Å². The third kappa shape index (κ3) is 1.84. The third-order valence-electron chi connectivity index (χ3n) is 1.00.